The van der Waals surface area contributed by atoms with E-state index in [1.54, 1.807) is 27.7 Å². The largest absolute Gasteiger partial charge is 0.469 e. The van der Waals surface area contributed by atoms with Crippen molar-refractivity contribution in [3.05, 3.63) is 32.6 Å². The van der Waals surface area contributed by atoms with Crippen molar-refractivity contribution in [3.63, 3.8) is 0 Å². The molecule has 0 spiro atoms. The van der Waals surface area contributed by atoms with Crippen molar-refractivity contribution in [1.82, 2.24) is 9.55 Å². The summed E-state index contributed by atoms with van der Waals surface area (Å²) in [6.07, 6.45) is 1.17. The lowest BCUT2D eigenvalue weighted by molar-refractivity contribution is -0.160. The molecule has 0 fully saturated rings. The SMILES string of the molecule is CCC(O)C(C)(C[C@H](C)n1cc(C)c(=O)[nH]c1=O)C(=O)OC. The molecule has 124 valence electrons. The molecule has 1 heterocycles. The van der Waals surface area contributed by atoms with E-state index in [9.17, 15) is 19.5 Å². The molecule has 0 aliphatic carbocycles. The van der Waals surface area contributed by atoms with Crippen molar-refractivity contribution in [2.45, 2.75) is 52.7 Å². The van der Waals surface area contributed by atoms with Gasteiger partial charge in [0.05, 0.1) is 18.6 Å². The minimum Gasteiger partial charge on any atom is -0.469 e. The molecule has 0 aliphatic heterocycles. The fourth-order valence-electron chi connectivity index (χ4n) is 2.66. The summed E-state index contributed by atoms with van der Waals surface area (Å²) in [5.41, 5.74) is -1.70. The highest BCUT2D eigenvalue weighted by Gasteiger charge is 2.42. The zero-order chi connectivity index (χ0) is 17.1. The van der Waals surface area contributed by atoms with Gasteiger partial charge in [-0.25, -0.2) is 4.79 Å². The van der Waals surface area contributed by atoms with Crippen LogP contribution in [0.25, 0.3) is 0 Å². The minimum atomic E-state index is -1.13. The molecule has 2 N–H and O–H groups in total. The highest BCUT2D eigenvalue weighted by Crippen LogP contribution is 2.34. The Hall–Kier alpha value is -1.89. The van der Waals surface area contributed by atoms with Crippen molar-refractivity contribution in [2.24, 2.45) is 5.41 Å². The first-order chi connectivity index (χ1) is 10.2. The number of methoxy groups -OCH3 is 1. The number of aromatic amines is 1. The predicted octanol–water partition coefficient (Wildman–Crippen LogP) is 0.746. The standard InChI is InChI=1S/C15H24N2O5/c1-6-11(18)15(4,13(20)22-5)7-10(3)17-8-9(2)12(19)16-14(17)21/h8,10-11,18H,6-7H2,1-5H3,(H,16,19,21)/t10-,11?,15?/m0/s1. The van der Waals surface area contributed by atoms with Crippen molar-refractivity contribution in [1.29, 1.82) is 0 Å². The van der Waals surface area contributed by atoms with Gasteiger partial charge < -0.3 is 9.84 Å². The second-order valence-corrected chi connectivity index (χ2v) is 5.86. The summed E-state index contributed by atoms with van der Waals surface area (Å²) in [6, 6.07) is -0.395. The Morgan fingerprint density at radius 2 is 2.09 bits per heavy atom. The topological polar surface area (TPSA) is 101 Å². The molecule has 2 unspecified atom stereocenters. The van der Waals surface area contributed by atoms with E-state index in [4.69, 9.17) is 4.74 Å². The van der Waals surface area contributed by atoms with Gasteiger partial charge in [0.2, 0.25) is 0 Å². The second-order valence-electron chi connectivity index (χ2n) is 5.86. The zero-order valence-electron chi connectivity index (χ0n) is 13.7. The minimum absolute atomic E-state index is 0.208. The van der Waals surface area contributed by atoms with Crippen LogP contribution in [0, 0.1) is 12.3 Å². The van der Waals surface area contributed by atoms with Crippen LogP contribution in [0.2, 0.25) is 0 Å². The predicted molar refractivity (Wildman–Crippen MR) is 81.8 cm³/mol. The highest BCUT2D eigenvalue weighted by atomic mass is 16.5. The molecular weight excluding hydrogens is 288 g/mol. The fraction of sp³-hybridized carbons (Fsp3) is 0.667. The monoisotopic (exact) mass is 312 g/mol. The van der Waals surface area contributed by atoms with E-state index in [2.05, 4.69) is 4.98 Å². The lowest BCUT2D eigenvalue weighted by Gasteiger charge is -2.33. The summed E-state index contributed by atoms with van der Waals surface area (Å²) in [5.74, 6) is -0.525. The van der Waals surface area contributed by atoms with Gasteiger partial charge in [0.1, 0.15) is 0 Å². The zero-order valence-corrected chi connectivity index (χ0v) is 13.7. The number of carbonyl (C=O) groups excluding carboxylic acids is 1. The van der Waals surface area contributed by atoms with Crippen LogP contribution in [-0.2, 0) is 9.53 Å². The van der Waals surface area contributed by atoms with Crippen LogP contribution in [0.15, 0.2) is 15.8 Å². The van der Waals surface area contributed by atoms with E-state index in [-0.39, 0.29) is 6.42 Å². The fourth-order valence-corrected chi connectivity index (χ4v) is 2.66. The summed E-state index contributed by atoms with van der Waals surface area (Å²) < 4.78 is 6.17. The van der Waals surface area contributed by atoms with Crippen LogP contribution < -0.4 is 11.2 Å². The Kier molecular flexibility index (Phi) is 5.71. The number of aliphatic hydroxyl groups excluding tert-OH is 1. The molecule has 0 amide bonds. The molecular formula is C15H24N2O5. The first-order valence-corrected chi connectivity index (χ1v) is 7.25. The Balaban J connectivity index is 3.19. The number of ether oxygens (including phenoxy) is 1. The molecule has 0 aromatic carbocycles. The van der Waals surface area contributed by atoms with Gasteiger partial charge in [0, 0.05) is 17.8 Å². The van der Waals surface area contributed by atoms with E-state index in [1.807, 2.05) is 0 Å². The van der Waals surface area contributed by atoms with Gasteiger partial charge in [-0.3, -0.25) is 19.1 Å². The molecule has 1 aromatic rings. The molecule has 0 saturated heterocycles. The molecule has 7 nitrogen and oxygen atoms in total. The van der Waals surface area contributed by atoms with E-state index >= 15 is 0 Å². The van der Waals surface area contributed by atoms with Gasteiger partial charge in [0.15, 0.2) is 0 Å². The van der Waals surface area contributed by atoms with Crippen molar-refractivity contribution in [3.8, 4) is 0 Å². The van der Waals surface area contributed by atoms with Gasteiger partial charge in [-0.2, -0.15) is 0 Å². The summed E-state index contributed by atoms with van der Waals surface area (Å²) in [6.45, 7) is 6.74. The third kappa shape index (κ3) is 3.47. The van der Waals surface area contributed by atoms with Crippen LogP contribution in [-0.4, -0.2) is 33.8 Å². The smallest absolute Gasteiger partial charge is 0.328 e. The molecule has 0 saturated carbocycles. The lowest BCUT2D eigenvalue weighted by Crippen LogP contribution is -2.43. The molecule has 0 radical (unpaired) electrons. The number of rotatable bonds is 6. The number of hydrogen-bond acceptors (Lipinski definition) is 5. The van der Waals surface area contributed by atoms with Gasteiger partial charge >= 0.3 is 11.7 Å². The summed E-state index contributed by atoms with van der Waals surface area (Å²) in [4.78, 5) is 37.7. The Labute approximate surface area is 128 Å². The quantitative estimate of drug-likeness (QED) is 0.755. The average molecular weight is 312 g/mol. The maximum absolute atomic E-state index is 12.1. The molecule has 7 heteroatoms. The number of H-pyrrole nitrogens is 1. The Morgan fingerprint density at radius 1 is 1.50 bits per heavy atom. The Morgan fingerprint density at radius 3 is 2.59 bits per heavy atom. The summed E-state index contributed by atoms with van der Waals surface area (Å²) in [7, 11) is 1.27. The number of aromatic nitrogens is 2. The molecule has 22 heavy (non-hydrogen) atoms. The van der Waals surface area contributed by atoms with E-state index in [0.29, 0.717) is 12.0 Å². The van der Waals surface area contributed by atoms with E-state index in [0.717, 1.165) is 0 Å². The number of nitrogens with zero attached hydrogens (tertiary/aromatic N) is 1. The number of hydrogen-bond donors (Lipinski definition) is 2. The second kappa shape index (κ2) is 6.91. The van der Waals surface area contributed by atoms with E-state index in [1.165, 1.54) is 17.9 Å². The summed E-state index contributed by atoms with van der Waals surface area (Å²) >= 11 is 0. The number of esters is 1. The molecule has 0 aliphatic rings. The number of aliphatic hydroxyl groups is 1. The lowest BCUT2D eigenvalue weighted by atomic mass is 9.77. The van der Waals surface area contributed by atoms with Gasteiger partial charge in [-0.15, -0.1) is 0 Å². The average Bonchev–Trinajstić information content (AvgIpc) is 2.48. The summed E-state index contributed by atoms with van der Waals surface area (Å²) in [5, 5.41) is 10.2. The van der Waals surface area contributed by atoms with Crippen LogP contribution in [0.3, 0.4) is 0 Å². The van der Waals surface area contributed by atoms with Gasteiger partial charge in [-0.1, -0.05) is 6.92 Å². The Bertz CT molecular complexity index is 648. The number of carbonyl (C=O) groups is 1. The van der Waals surface area contributed by atoms with Crippen molar-refractivity contribution in [2.75, 3.05) is 7.11 Å². The normalized spacial score (nSPS) is 16.6. The third-order valence-corrected chi connectivity index (χ3v) is 4.11. The first-order valence-electron chi connectivity index (χ1n) is 7.25. The number of aryl methyl sites for hydroxylation is 1. The molecule has 0 bridgehead atoms. The first kappa shape index (κ1) is 18.2. The maximum atomic E-state index is 12.1. The molecule has 3 atom stereocenters. The van der Waals surface area contributed by atoms with Gasteiger partial charge in [-0.05, 0) is 33.6 Å². The van der Waals surface area contributed by atoms with Crippen molar-refractivity contribution >= 4 is 5.97 Å². The van der Waals surface area contributed by atoms with Crippen LogP contribution >= 0.6 is 0 Å². The molecule has 1 rings (SSSR count). The van der Waals surface area contributed by atoms with E-state index < -0.39 is 34.8 Å². The maximum Gasteiger partial charge on any atom is 0.328 e. The highest BCUT2D eigenvalue weighted by molar-refractivity contribution is 5.77. The number of nitrogens with one attached hydrogen (secondary N) is 1. The molecule has 1 aromatic heterocycles. The third-order valence-electron chi connectivity index (χ3n) is 4.11. The van der Waals surface area contributed by atoms with Crippen molar-refractivity contribution < 1.29 is 14.6 Å². The van der Waals surface area contributed by atoms with Crippen LogP contribution in [0.5, 0.6) is 0 Å². The van der Waals surface area contributed by atoms with Crippen LogP contribution in [0.1, 0.15) is 45.2 Å². The van der Waals surface area contributed by atoms with Gasteiger partial charge in [0.25, 0.3) is 5.56 Å². The van der Waals surface area contributed by atoms with Crippen LogP contribution in [0.4, 0.5) is 0 Å².